The van der Waals surface area contributed by atoms with Crippen LogP contribution in [0.15, 0.2) is 82.7 Å². The largest absolute Gasteiger partial charge is 0.493 e. The Morgan fingerprint density at radius 3 is 2.41 bits per heavy atom. The minimum Gasteiger partial charge on any atom is -0.493 e. The van der Waals surface area contributed by atoms with Crippen molar-refractivity contribution in [1.82, 2.24) is 4.90 Å². The van der Waals surface area contributed by atoms with Crippen LogP contribution in [0.4, 0.5) is 0 Å². The number of methoxy groups -OCH3 is 1. The quantitative estimate of drug-likeness (QED) is 0.218. The highest BCUT2D eigenvalue weighted by Crippen LogP contribution is 2.39. The Hall–Kier alpha value is -4.01. The number of thioether (sulfide) groups is 1. The van der Waals surface area contributed by atoms with Crippen LogP contribution in [0.5, 0.6) is 17.2 Å². The van der Waals surface area contributed by atoms with Crippen LogP contribution in [0.1, 0.15) is 37.5 Å². The van der Waals surface area contributed by atoms with Crippen molar-refractivity contribution < 1.29 is 19.0 Å². The molecule has 2 aliphatic heterocycles. The summed E-state index contributed by atoms with van der Waals surface area (Å²) in [4.78, 5) is 18.8. The maximum Gasteiger partial charge on any atom is 0.283 e. The van der Waals surface area contributed by atoms with Crippen LogP contribution >= 0.6 is 23.4 Å². The number of carbonyl (C=O) groups is 1. The molecule has 2 heterocycles. The summed E-state index contributed by atoms with van der Waals surface area (Å²) in [6, 6.07) is 21.1. The average molecular weight is 588 g/mol. The average Bonchev–Trinajstić information content (AvgIpc) is 3.38. The third kappa shape index (κ3) is 6.19. The summed E-state index contributed by atoms with van der Waals surface area (Å²) in [6.07, 6.45) is 1.60. The zero-order valence-corrected chi connectivity index (χ0v) is 24.8. The molecule has 210 valence electrons. The van der Waals surface area contributed by atoms with Gasteiger partial charge in [0.25, 0.3) is 5.91 Å². The van der Waals surface area contributed by atoms with Gasteiger partial charge in [-0.1, -0.05) is 86.6 Å². The number of ether oxygens (including phenoxy) is 3. The number of halogens is 1. The number of carbonyl (C=O) groups excluding carboxylic acids is 1. The van der Waals surface area contributed by atoms with Crippen molar-refractivity contribution in [3.8, 4) is 17.2 Å². The van der Waals surface area contributed by atoms with E-state index in [0.29, 0.717) is 33.9 Å². The van der Waals surface area contributed by atoms with Gasteiger partial charge in [0.15, 0.2) is 16.7 Å². The van der Waals surface area contributed by atoms with Crippen molar-refractivity contribution in [3.63, 3.8) is 0 Å². The monoisotopic (exact) mass is 587 g/mol. The van der Waals surface area contributed by atoms with Gasteiger partial charge in [-0.3, -0.25) is 15.1 Å². The Bertz CT molecular complexity index is 1570. The fraction of sp³-hybridized carbons (Fsp3) is 0.219. The van der Waals surface area contributed by atoms with E-state index in [1.807, 2.05) is 47.9 Å². The van der Waals surface area contributed by atoms with Crippen molar-refractivity contribution in [3.05, 3.63) is 99.4 Å². The molecule has 2 aliphatic rings. The molecule has 3 aromatic rings. The number of amidine groups is 2. The molecule has 0 atom stereocenters. The smallest absolute Gasteiger partial charge is 0.283 e. The van der Waals surface area contributed by atoms with E-state index in [-0.39, 0.29) is 23.4 Å². The lowest BCUT2D eigenvalue weighted by Gasteiger charge is -2.27. The molecule has 9 heteroatoms. The predicted molar refractivity (Wildman–Crippen MR) is 166 cm³/mol. The van der Waals surface area contributed by atoms with Gasteiger partial charge in [0.2, 0.25) is 0 Å². The fourth-order valence-electron chi connectivity index (χ4n) is 4.40. The van der Waals surface area contributed by atoms with Crippen molar-refractivity contribution in [2.24, 2.45) is 4.99 Å². The molecule has 0 fully saturated rings. The first-order valence-electron chi connectivity index (χ1n) is 13.1. The van der Waals surface area contributed by atoms with E-state index in [1.54, 1.807) is 23.1 Å². The van der Waals surface area contributed by atoms with Gasteiger partial charge in [0, 0.05) is 5.41 Å². The summed E-state index contributed by atoms with van der Waals surface area (Å²) < 4.78 is 17.3. The minimum atomic E-state index is -0.487. The Labute approximate surface area is 249 Å². The van der Waals surface area contributed by atoms with Crippen LogP contribution < -0.4 is 14.2 Å². The van der Waals surface area contributed by atoms with Crippen molar-refractivity contribution >= 4 is 52.0 Å². The fourth-order valence-corrected chi connectivity index (χ4v) is 5.56. The SMILES string of the molecule is COc1cc(/C=C2/C(=N)N3C(c4ccccc4)=CSC3=NC2=O)cc(Cl)c1OCCOc1ccc(C(C)(C)C)cc1. The molecule has 0 radical (unpaired) electrons. The summed E-state index contributed by atoms with van der Waals surface area (Å²) in [5.41, 5.74) is 3.77. The second-order valence-electron chi connectivity index (χ2n) is 10.4. The highest BCUT2D eigenvalue weighted by Gasteiger charge is 2.36. The van der Waals surface area contributed by atoms with E-state index in [9.17, 15) is 4.79 Å². The number of nitrogens with zero attached hydrogens (tertiary/aromatic N) is 2. The van der Waals surface area contributed by atoms with Crippen molar-refractivity contribution in [1.29, 1.82) is 5.41 Å². The van der Waals surface area contributed by atoms with Crippen LogP contribution in [-0.4, -0.2) is 42.1 Å². The van der Waals surface area contributed by atoms with Crippen LogP contribution in [0.25, 0.3) is 11.8 Å². The molecule has 1 amide bonds. The lowest BCUT2D eigenvalue weighted by Crippen LogP contribution is -2.38. The maximum absolute atomic E-state index is 12.9. The number of fused-ring (bicyclic) bond motifs is 1. The van der Waals surface area contributed by atoms with E-state index in [1.165, 1.54) is 24.4 Å². The number of hydrogen-bond acceptors (Lipinski definition) is 6. The molecule has 1 N–H and O–H groups in total. The van der Waals surface area contributed by atoms with Gasteiger partial charge >= 0.3 is 0 Å². The van der Waals surface area contributed by atoms with Crippen molar-refractivity contribution in [2.45, 2.75) is 26.2 Å². The van der Waals surface area contributed by atoms with Gasteiger partial charge in [-0.05, 0) is 52.4 Å². The van der Waals surface area contributed by atoms with Crippen molar-refractivity contribution in [2.75, 3.05) is 20.3 Å². The molecular weight excluding hydrogens is 558 g/mol. The van der Waals surface area contributed by atoms with E-state index in [2.05, 4.69) is 37.9 Å². The third-order valence-corrected chi connectivity index (χ3v) is 7.67. The molecule has 0 saturated heterocycles. The number of aliphatic imine (C=N–C) groups is 1. The molecule has 5 rings (SSSR count). The number of benzene rings is 3. The highest BCUT2D eigenvalue weighted by molar-refractivity contribution is 8.17. The third-order valence-electron chi connectivity index (χ3n) is 6.57. The maximum atomic E-state index is 12.9. The van der Waals surface area contributed by atoms with E-state index >= 15 is 0 Å². The van der Waals surface area contributed by atoms with E-state index in [4.69, 9.17) is 31.2 Å². The van der Waals surface area contributed by atoms with Gasteiger partial charge in [-0.2, -0.15) is 4.99 Å². The summed E-state index contributed by atoms with van der Waals surface area (Å²) >= 11 is 7.91. The van der Waals surface area contributed by atoms with Crippen LogP contribution in [0, 0.1) is 5.41 Å². The molecule has 3 aromatic carbocycles. The first-order chi connectivity index (χ1) is 19.7. The lowest BCUT2D eigenvalue weighted by molar-refractivity contribution is -0.114. The van der Waals surface area contributed by atoms with Crippen LogP contribution in [0.2, 0.25) is 5.02 Å². The number of hydrogen-bond donors (Lipinski definition) is 1. The van der Waals surface area contributed by atoms with Gasteiger partial charge in [0.1, 0.15) is 24.8 Å². The highest BCUT2D eigenvalue weighted by atomic mass is 35.5. The lowest BCUT2D eigenvalue weighted by atomic mass is 9.87. The van der Waals surface area contributed by atoms with Gasteiger partial charge < -0.3 is 14.2 Å². The molecule has 0 unspecified atom stereocenters. The molecule has 0 aliphatic carbocycles. The standard InChI is InChI=1S/C32H30ClN3O4S/c1-32(2,3)22-10-12-23(13-11-22)39-14-15-40-28-25(33)17-20(18-27(28)38-4)16-24-29(34)36-26(21-8-6-5-7-9-21)19-41-31(36)35-30(24)37/h5-13,16-19,34H,14-15H2,1-4H3/b24-16-,34-29?. The molecule has 0 spiro atoms. The summed E-state index contributed by atoms with van der Waals surface area (Å²) in [5, 5.41) is 11.5. The second kappa shape index (κ2) is 11.8. The topological polar surface area (TPSA) is 84.2 Å². The second-order valence-corrected chi connectivity index (χ2v) is 11.7. The zero-order valence-electron chi connectivity index (χ0n) is 23.2. The van der Waals surface area contributed by atoms with Gasteiger partial charge in [-0.25, -0.2) is 0 Å². The molecule has 0 aromatic heterocycles. The summed E-state index contributed by atoms with van der Waals surface area (Å²) in [7, 11) is 1.52. The Morgan fingerprint density at radius 1 is 1.02 bits per heavy atom. The molecule has 0 bridgehead atoms. The molecule has 0 saturated carbocycles. The van der Waals surface area contributed by atoms with Crippen LogP contribution in [0.3, 0.4) is 0 Å². The Balaban J connectivity index is 1.29. The molecule has 7 nitrogen and oxygen atoms in total. The molecule has 41 heavy (non-hydrogen) atoms. The zero-order chi connectivity index (χ0) is 29.1. The normalized spacial score (nSPS) is 15.9. The number of amides is 1. The molecular formula is C32H30ClN3O4S. The summed E-state index contributed by atoms with van der Waals surface area (Å²) in [5.74, 6) is 1.09. The van der Waals surface area contributed by atoms with Gasteiger partial charge in [-0.15, -0.1) is 0 Å². The number of nitrogens with one attached hydrogen (secondary N) is 1. The first-order valence-corrected chi connectivity index (χ1v) is 14.3. The summed E-state index contributed by atoms with van der Waals surface area (Å²) in [6.45, 7) is 7.07. The predicted octanol–water partition coefficient (Wildman–Crippen LogP) is 7.41. The number of rotatable bonds is 8. The van der Waals surface area contributed by atoms with E-state index < -0.39 is 5.91 Å². The van der Waals surface area contributed by atoms with Gasteiger partial charge in [0.05, 0.1) is 23.4 Å². The Kier molecular flexibility index (Phi) is 8.24. The van der Waals surface area contributed by atoms with E-state index in [0.717, 1.165) is 17.0 Å². The Morgan fingerprint density at radius 2 is 1.73 bits per heavy atom. The minimum absolute atomic E-state index is 0.0446. The van der Waals surface area contributed by atoms with Crippen LogP contribution in [-0.2, 0) is 10.2 Å². The first kappa shape index (κ1) is 28.5.